The van der Waals surface area contributed by atoms with Crippen LogP contribution in [0.25, 0.3) is 0 Å². The first-order valence-electron chi connectivity index (χ1n) is 3.46. The lowest BCUT2D eigenvalue weighted by Crippen LogP contribution is -2.38. The molecule has 0 spiro atoms. The van der Waals surface area contributed by atoms with Gasteiger partial charge in [0.15, 0.2) is 0 Å². The van der Waals surface area contributed by atoms with Gasteiger partial charge in [0, 0.05) is 6.54 Å². The normalized spacial score (nSPS) is 19.6. The first-order chi connectivity index (χ1) is 5.22. The molecule has 5 nitrogen and oxygen atoms in total. The first-order valence-corrected chi connectivity index (χ1v) is 3.46. The molecular formula is C6H10N2O3. The molecule has 0 unspecified atom stereocenters. The second-order valence-electron chi connectivity index (χ2n) is 2.36. The predicted molar refractivity (Wildman–Crippen MR) is 37.2 cm³/mol. The van der Waals surface area contributed by atoms with E-state index in [-0.39, 0.29) is 12.5 Å². The van der Waals surface area contributed by atoms with Crippen LogP contribution in [0.2, 0.25) is 0 Å². The average Bonchev–Trinajstić information content (AvgIpc) is 2.13. The Morgan fingerprint density at radius 3 is 3.00 bits per heavy atom. The van der Waals surface area contributed by atoms with E-state index in [0.29, 0.717) is 19.5 Å². The van der Waals surface area contributed by atoms with Gasteiger partial charge < -0.3 is 10.4 Å². The van der Waals surface area contributed by atoms with Crippen LogP contribution < -0.4 is 5.32 Å². The lowest BCUT2D eigenvalue weighted by Gasteiger charge is -2.12. The molecular weight excluding hydrogens is 148 g/mol. The molecule has 0 aromatic carbocycles. The van der Waals surface area contributed by atoms with Crippen molar-refractivity contribution in [2.24, 2.45) is 0 Å². The Kier molecular flexibility index (Phi) is 2.43. The summed E-state index contributed by atoms with van der Waals surface area (Å²) in [6.45, 7) is 1.14. The van der Waals surface area contributed by atoms with Gasteiger partial charge in [-0.05, 0) is 13.0 Å². The van der Waals surface area contributed by atoms with Crippen molar-refractivity contribution in [2.75, 3.05) is 19.6 Å². The van der Waals surface area contributed by atoms with E-state index in [4.69, 9.17) is 5.11 Å². The van der Waals surface area contributed by atoms with Crippen molar-refractivity contribution >= 4 is 12.0 Å². The van der Waals surface area contributed by atoms with E-state index >= 15 is 0 Å². The smallest absolute Gasteiger partial charge is 0.414 e. The number of carbonyl (C=O) groups excluding carboxylic acids is 1. The zero-order chi connectivity index (χ0) is 8.27. The van der Waals surface area contributed by atoms with Crippen LogP contribution in [0.3, 0.4) is 0 Å². The second kappa shape index (κ2) is 3.34. The molecule has 1 heterocycles. The van der Waals surface area contributed by atoms with Crippen LogP contribution >= 0.6 is 0 Å². The molecule has 62 valence electrons. The number of hydrogen-bond donors (Lipinski definition) is 2. The zero-order valence-corrected chi connectivity index (χ0v) is 6.04. The molecule has 11 heavy (non-hydrogen) atoms. The van der Waals surface area contributed by atoms with Gasteiger partial charge in [0.25, 0.3) is 0 Å². The Labute approximate surface area is 64.0 Å². The molecule has 2 N–H and O–H groups in total. The highest BCUT2D eigenvalue weighted by Crippen LogP contribution is 1.96. The van der Waals surface area contributed by atoms with E-state index in [9.17, 15) is 9.59 Å². The minimum absolute atomic E-state index is 0.131. The average molecular weight is 158 g/mol. The van der Waals surface area contributed by atoms with Gasteiger partial charge in [-0.25, -0.2) is 9.69 Å². The van der Waals surface area contributed by atoms with Crippen molar-refractivity contribution < 1.29 is 14.7 Å². The maximum absolute atomic E-state index is 10.9. The number of nitrogens with one attached hydrogen (secondary N) is 1. The fraction of sp³-hybridized carbons (Fsp3) is 0.667. The number of carbonyl (C=O) groups is 2. The molecule has 5 heteroatoms. The van der Waals surface area contributed by atoms with Crippen molar-refractivity contribution in [2.45, 2.75) is 6.42 Å². The van der Waals surface area contributed by atoms with Gasteiger partial charge in [-0.1, -0.05) is 0 Å². The topological polar surface area (TPSA) is 69.6 Å². The van der Waals surface area contributed by atoms with Crippen molar-refractivity contribution in [1.29, 1.82) is 0 Å². The van der Waals surface area contributed by atoms with E-state index < -0.39 is 6.09 Å². The van der Waals surface area contributed by atoms with Crippen molar-refractivity contribution in [3.05, 3.63) is 0 Å². The van der Waals surface area contributed by atoms with Gasteiger partial charge >= 0.3 is 6.09 Å². The van der Waals surface area contributed by atoms with Crippen LogP contribution in [0.4, 0.5) is 4.79 Å². The van der Waals surface area contributed by atoms with Crippen LogP contribution in [0.15, 0.2) is 0 Å². The summed E-state index contributed by atoms with van der Waals surface area (Å²) in [5.74, 6) is -0.366. The summed E-state index contributed by atoms with van der Waals surface area (Å²) in [4.78, 5) is 22.2. The molecule has 2 amide bonds. The molecule has 0 aliphatic carbocycles. The van der Waals surface area contributed by atoms with Crippen LogP contribution in [0.1, 0.15) is 6.42 Å². The quantitative estimate of drug-likeness (QED) is 0.498. The summed E-state index contributed by atoms with van der Waals surface area (Å²) in [6, 6.07) is 0. The molecule has 1 aliphatic rings. The summed E-state index contributed by atoms with van der Waals surface area (Å²) >= 11 is 0. The zero-order valence-electron chi connectivity index (χ0n) is 6.04. The van der Waals surface area contributed by atoms with Gasteiger partial charge in [-0.15, -0.1) is 0 Å². The molecule has 1 saturated heterocycles. The second-order valence-corrected chi connectivity index (χ2v) is 2.36. The number of carboxylic acid groups (broad SMARTS) is 1. The highest BCUT2D eigenvalue weighted by molar-refractivity contribution is 5.92. The van der Waals surface area contributed by atoms with E-state index in [1.807, 2.05) is 0 Å². The third kappa shape index (κ3) is 1.91. The summed E-state index contributed by atoms with van der Waals surface area (Å²) in [6.07, 6.45) is -0.461. The van der Waals surface area contributed by atoms with Crippen LogP contribution in [0.5, 0.6) is 0 Å². The standard InChI is InChI=1S/C6H10N2O3/c9-5-4-7-2-1-3-8(5)6(10)11/h7H,1-4H2,(H,10,11). The summed E-state index contributed by atoms with van der Waals surface area (Å²) in [5.41, 5.74) is 0. The lowest BCUT2D eigenvalue weighted by atomic mass is 10.4. The number of nitrogens with zero attached hydrogens (tertiary/aromatic N) is 1. The summed E-state index contributed by atoms with van der Waals surface area (Å²) in [5, 5.41) is 11.3. The van der Waals surface area contributed by atoms with Gasteiger partial charge in [-0.2, -0.15) is 0 Å². The summed E-state index contributed by atoms with van der Waals surface area (Å²) < 4.78 is 0. The van der Waals surface area contributed by atoms with Crippen LogP contribution in [-0.2, 0) is 4.79 Å². The molecule has 1 aliphatic heterocycles. The lowest BCUT2D eigenvalue weighted by molar-refractivity contribution is -0.127. The first kappa shape index (κ1) is 8.00. The largest absolute Gasteiger partial charge is 0.465 e. The molecule has 0 aromatic heterocycles. The fourth-order valence-electron chi connectivity index (χ4n) is 0.980. The maximum Gasteiger partial charge on any atom is 0.414 e. The maximum atomic E-state index is 10.9. The van der Waals surface area contributed by atoms with Gasteiger partial charge in [0.05, 0.1) is 6.54 Å². The Morgan fingerprint density at radius 1 is 1.64 bits per heavy atom. The number of imide groups is 1. The van der Waals surface area contributed by atoms with E-state index in [1.54, 1.807) is 0 Å². The highest BCUT2D eigenvalue weighted by atomic mass is 16.4. The molecule has 0 aromatic rings. The number of rotatable bonds is 0. The third-order valence-corrected chi connectivity index (χ3v) is 1.54. The molecule has 0 bridgehead atoms. The Morgan fingerprint density at radius 2 is 2.36 bits per heavy atom. The predicted octanol–water partition coefficient (Wildman–Crippen LogP) is -0.514. The van der Waals surface area contributed by atoms with Gasteiger partial charge in [0.2, 0.25) is 5.91 Å². The van der Waals surface area contributed by atoms with Crippen molar-refractivity contribution in [1.82, 2.24) is 10.2 Å². The minimum atomic E-state index is -1.15. The minimum Gasteiger partial charge on any atom is -0.465 e. The van der Waals surface area contributed by atoms with Gasteiger partial charge in [0.1, 0.15) is 0 Å². The number of hydrogen-bond acceptors (Lipinski definition) is 3. The van der Waals surface area contributed by atoms with E-state index in [0.717, 1.165) is 4.90 Å². The van der Waals surface area contributed by atoms with E-state index in [1.165, 1.54) is 0 Å². The van der Waals surface area contributed by atoms with Crippen LogP contribution in [0, 0.1) is 0 Å². The monoisotopic (exact) mass is 158 g/mol. The summed E-state index contributed by atoms with van der Waals surface area (Å²) in [7, 11) is 0. The molecule has 1 rings (SSSR count). The molecule has 0 atom stereocenters. The fourth-order valence-corrected chi connectivity index (χ4v) is 0.980. The van der Waals surface area contributed by atoms with Crippen molar-refractivity contribution in [3.63, 3.8) is 0 Å². The van der Waals surface area contributed by atoms with Gasteiger partial charge in [-0.3, -0.25) is 4.79 Å². The highest BCUT2D eigenvalue weighted by Gasteiger charge is 2.21. The molecule has 0 radical (unpaired) electrons. The van der Waals surface area contributed by atoms with E-state index in [2.05, 4.69) is 5.32 Å². The SMILES string of the molecule is O=C(O)N1CCCNCC1=O. The third-order valence-electron chi connectivity index (χ3n) is 1.54. The van der Waals surface area contributed by atoms with Crippen LogP contribution in [-0.4, -0.2) is 41.6 Å². The van der Waals surface area contributed by atoms with Crippen molar-refractivity contribution in [3.8, 4) is 0 Å². The Bertz CT molecular complexity index is 181. The number of amides is 2. The molecule has 1 fully saturated rings. The molecule has 0 saturated carbocycles. The Hall–Kier alpha value is -1.10. The Balaban J connectivity index is 2.59.